The zero-order valence-corrected chi connectivity index (χ0v) is 13.8. The predicted molar refractivity (Wildman–Crippen MR) is 88.3 cm³/mol. The molecule has 0 aliphatic carbocycles. The van der Waals surface area contributed by atoms with Gasteiger partial charge >= 0.3 is 0 Å². The van der Waals surface area contributed by atoms with E-state index in [0.29, 0.717) is 36.8 Å². The quantitative estimate of drug-likeness (QED) is 0.875. The van der Waals surface area contributed by atoms with E-state index in [9.17, 15) is 4.79 Å². The number of para-hydroxylation sites is 1. The van der Waals surface area contributed by atoms with E-state index in [1.807, 2.05) is 24.3 Å². The Labute approximate surface area is 141 Å². The molecule has 118 valence electrons. The second-order valence-corrected chi connectivity index (χ2v) is 6.24. The largest absolute Gasteiger partial charge is 0.486 e. The number of ether oxygens (including phenoxy) is 3. The van der Waals surface area contributed by atoms with E-state index in [-0.39, 0.29) is 5.91 Å². The molecule has 2 aromatic rings. The van der Waals surface area contributed by atoms with E-state index in [2.05, 4.69) is 21.2 Å². The van der Waals surface area contributed by atoms with Crippen molar-refractivity contribution in [2.24, 2.45) is 0 Å². The zero-order chi connectivity index (χ0) is 15.8. The Morgan fingerprint density at radius 1 is 1.09 bits per heavy atom. The minimum absolute atomic E-state index is 0.182. The summed E-state index contributed by atoms with van der Waals surface area (Å²) < 4.78 is 17.5. The monoisotopic (exact) mass is 375 g/mol. The minimum atomic E-state index is -0.521. The number of anilines is 1. The summed E-state index contributed by atoms with van der Waals surface area (Å²) in [7, 11) is 0. The van der Waals surface area contributed by atoms with Crippen molar-refractivity contribution in [2.45, 2.75) is 12.5 Å². The first-order chi connectivity index (χ1) is 11.2. The highest BCUT2D eigenvalue weighted by Crippen LogP contribution is 2.38. The topological polar surface area (TPSA) is 56.8 Å². The van der Waals surface area contributed by atoms with Gasteiger partial charge in [-0.1, -0.05) is 18.2 Å². The highest BCUT2D eigenvalue weighted by molar-refractivity contribution is 9.10. The van der Waals surface area contributed by atoms with E-state index < -0.39 is 6.10 Å². The number of amides is 1. The molecule has 1 N–H and O–H groups in total. The van der Waals surface area contributed by atoms with Crippen molar-refractivity contribution in [3.63, 3.8) is 0 Å². The van der Waals surface area contributed by atoms with Crippen LogP contribution in [0.5, 0.6) is 17.2 Å². The van der Waals surface area contributed by atoms with Crippen LogP contribution in [0.15, 0.2) is 40.9 Å². The fourth-order valence-corrected chi connectivity index (χ4v) is 3.12. The van der Waals surface area contributed by atoms with Crippen LogP contribution in [-0.2, 0) is 11.2 Å². The second-order valence-electron chi connectivity index (χ2n) is 5.38. The standard InChI is InChI=1S/C17H14BrNO4/c18-11-8-14-15(22-6-5-21-14)9-12(11)19-17(20)16-7-10-3-1-2-4-13(10)23-16/h1-4,8-9,16H,5-7H2,(H,19,20). The van der Waals surface area contributed by atoms with E-state index in [1.54, 1.807) is 12.1 Å². The van der Waals surface area contributed by atoms with E-state index in [1.165, 1.54) is 0 Å². The van der Waals surface area contributed by atoms with E-state index in [4.69, 9.17) is 14.2 Å². The van der Waals surface area contributed by atoms with Gasteiger partial charge in [-0.3, -0.25) is 4.79 Å². The van der Waals surface area contributed by atoms with Gasteiger partial charge in [0.15, 0.2) is 17.6 Å². The average Bonchev–Trinajstić information content (AvgIpc) is 3.00. The van der Waals surface area contributed by atoms with E-state index in [0.717, 1.165) is 15.8 Å². The van der Waals surface area contributed by atoms with Gasteiger partial charge in [-0.25, -0.2) is 0 Å². The van der Waals surface area contributed by atoms with Crippen molar-refractivity contribution in [1.29, 1.82) is 0 Å². The van der Waals surface area contributed by atoms with Gasteiger partial charge < -0.3 is 19.5 Å². The van der Waals surface area contributed by atoms with Crippen molar-refractivity contribution in [3.8, 4) is 17.2 Å². The van der Waals surface area contributed by atoms with Gasteiger partial charge in [0, 0.05) is 23.0 Å². The molecule has 0 saturated carbocycles. The van der Waals surface area contributed by atoms with Crippen LogP contribution in [0, 0.1) is 0 Å². The predicted octanol–water partition coefficient (Wildman–Crippen LogP) is 3.16. The van der Waals surface area contributed by atoms with Crippen LogP contribution in [0.1, 0.15) is 5.56 Å². The average molecular weight is 376 g/mol. The lowest BCUT2D eigenvalue weighted by Crippen LogP contribution is -2.31. The molecule has 0 spiro atoms. The molecule has 1 atom stereocenters. The third kappa shape index (κ3) is 2.74. The van der Waals surface area contributed by atoms with E-state index >= 15 is 0 Å². The van der Waals surface area contributed by atoms with Gasteiger partial charge in [-0.2, -0.15) is 0 Å². The van der Waals surface area contributed by atoms with Crippen molar-refractivity contribution >= 4 is 27.5 Å². The van der Waals surface area contributed by atoms with Crippen LogP contribution < -0.4 is 19.5 Å². The molecule has 0 saturated heterocycles. The lowest BCUT2D eigenvalue weighted by atomic mass is 10.1. The third-order valence-electron chi connectivity index (χ3n) is 3.83. The maximum absolute atomic E-state index is 12.5. The highest BCUT2D eigenvalue weighted by atomic mass is 79.9. The summed E-state index contributed by atoms with van der Waals surface area (Å²) in [6.07, 6.45) is 0.0528. The molecule has 4 rings (SSSR count). The molecule has 0 radical (unpaired) electrons. The second kappa shape index (κ2) is 5.77. The molecule has 0 fully saturated rings. The molecule has 2 aromatic carbocycles. The summed E-state index contributed by atoms with van der Waals surface area (Å²) >= 11 is 3.45. The summed E-state index contributed by atoms with van der Waals surface area (Å²) in [6, 6.07) is 11.3. The molecular formula is C17H14BrNO4. The van der Waals surface area contributed by atoms with Gasteiger partial charge in [-0.05, 0) is 27.6 Å². The van der Waals surface area contributed by atoms with Crippen molar-refractivity contribution < 1.29 is 19.0 Å². The Hall–Kier alpha value is -2.21. The zero-order valence-electron chi connectivity index (χ0n) is 12.2. The number of carbonyl (C=O) groups is 1. The summed E-state index contributed by atoms with van der Waals surface area (Å²) in [5, 5.41) is 2.89. The number of hydrogen-bond donors (Lipinski definition) is 1. The molecule has 1 amide bonds. The number of hydrogen-bond acceptors (Lipinski definition) is 4. The fourth-order valence-electron chi connectivity index (χ4n) is 2.70. The smallest absolute Gasteiger partial charge is 0.265 e. The number of halogens is 1. The Balaban J connectivity index is 1.51. The number of fused-ring (bicyclic) bond motifs is 2. The molecule has 2 heterocycles. The van der Waals surface area contributed by atoms with Gasteiger partial charge in [0.2, 0.25) is 0 Å². The van der Waals surface area contributed by atoms with Crippen LogP contribution in [0.25, 0.3) is 0 Å². The Morgan fingerprint density at radius 3 is 2.61 bits per heavy atom. The van der Waals surface area contributed by atoms with Crippen molar-refractivity contribution in [2.75, 3.05) is 18.5 Å². The van der Waals surface area contributed by atoms with Gasteiger partial charge in [0.05, 0.1) is 5.69 Å². The summed E-state index contributed by atoms with van der Waals surface area (Å²) in [5.41, 5.74) is 1.69. The SMILES string of the molecule is O=C(Nc1cc2c(cc1Br)OCCO2)C1Cc2ccccc2O1. The molecule has 2 aliphatic heterocycles. The lowest BCUT2D eigenvalue weighted by molar-refractivity contribution is -0.122. The van der Waals surface area contributed by atoms with Crippen LogP contribution in [0.2, 0.25) is 0 Å². The summed E-state index contributed by atoms with van der Waals surface area (Å²) in [5.74, 6) is 1.89. The fraction of sp³-hybridized carbons (Fsp3) is 0.235. The molecule has 1 unspecified atom stereocenters. The van der Waals surface area contributed by atoms with Crippen LogP contribution in [0.3, 0.4) is 0 Å². The van der Waals surface area contributed by atoms with Gasteiger partial charge in [0.1, 0.15) is 19.0 Å². The third-order valence-corrected chi connectivity index (χ3v) is 4.49. The molecule has 0 bridgehead atoms. The Bertz CT molecular complexity index is 752. The van der Waals surface area contributed by atoms with Crippen molar-refractivity contribution in [1.82, 2.24) is 0 Å². The first-order valence-corrected chi connectivity index (χ1v) is 8.14. The maximum atomic E-state index is 12.5. The van der Waals surface area contributed by atoms with Crippen LogP contribution >= 0.6 is 15.9 Å². The minimum Gasteiger partial charge on any atom is -0.486 e. The highest BCUT2D eigenvalue weighted by Gasteiger charge is 2.29. The Kier molecular flexibility index (Phi) is 3.61. The molecule has 6 heteroatoms. The van der Waals surface area contributed by atoms with Crippen LogP contribution in [0.4, 0.5) is 5.69 Å². The van der Waals surface area contributed by atoms with Gasteiger partial charge in [0.25, 0.3) is 5.91 Å². The number of nitrogens with one attached hydrogen (secondary N) is 1. The summed E-state index contributed by atoms with van der Waals surface area (Å²) in [4.78, 5) is 12.5. The number of rotatable bonds is 2. The number of carbonyl (C=O) groups excluding carboxylic acids is 1. The maximum Gasteiger partial charge on any atom is 0.265 e. The lowest BCUT2D eigenvalue weighted by Gasteiger charge is -2.20. The molecule has 23 heavy (non-hydrogen) atoms. The van der Waals surface area contributed by atoms with Gasteiger partial charge in [-0.15, -0.1) is 0 Å². The Morgan fingerprint density at radius 2 is 1.83 bits per heavy atom. The molecule has 0 aromatic heterocycles. The van der Waals surface area contributed by atoms with Crippen LogP contribution in [-0.4, -0.2) is 25.2 Å². The number of benzene rings is 2. The molecule has 5 nitrogen and oxygen atoms in total. The van der Waals surface area contributed by atoms with Crippen molar-refractivity contribution in [3.05, 3.63) is 46.4 Å². The molecule has 2 aliphatic rings. The molecular weight excluding hydrogens is 362 g/mol. The summed E-state index contributed by atoms with van der Waals surface area (Å²) in [6.45, 7) is 1.03. The normalized spacial score (nSPS) is 18.0. The first-order valence-electron chi connectivity index (χ1n) is 7.35. The first kappa shape index (κ1) is 14.4.